The summed E-state index contributed by atoms with van der Waals surface area (Å²) in [6, 6.07) is 14.0. The van der Waals surface area contributed by atoms with Gasteiger partial charge in [-0.25, -0.2) is 4.39 Å². The fraction of sp³-hybridized carbons (Fsp3) is 0.259. The number of rotatable bonds is 9. The van der Waals surface area contributed by atoms with Crippen molar-refractivity contribution in [2.45, 2.75) is 38.5 Å². The van der Waals surface area contributed by atoms with E-state index in [1.54, 1.807) is 25.1 Å². The highest BCUT2D eigenvalue weighted by molar-refractivity contribution is 6.11. The number of hydrogen-bond acceptors (Lipinski definition) is 5. The van der Waals surface area contributed by atoms with Crippen LogP contribution in [0.25, 0.3) is 28.1 Å². The van der Waals surface area contributed by atoms with Crippen molar-refractivity contribution < 1.29 is 23.5 Å². The quantitative estimate of drug-likeness (QED) is 0.250. The first-order valence-corrected chi connectivity index (χ1v) is 11.0. The number of benzene rings is 2. The highest BCUT2D eigenvalue weighted by Gasteiger charge is 2.29. The Hall–Kier alpha value is -3.67. The summed E-state index contributed by atoms with van der Waals surface area (Å²) in [6.07, 6.45) is 4.31. The Bertz CT molecular complexity index is 1240. The number of fused-ring (bicyclic) bond motifs is 1. The molecule has 3 aromatic rings. The number of Topliss-reactive ketones (excluding diaryl/α,β-unsaturated/α-hetero) is 1. The lowest BCUT2D eigenvalue weighted by Crippen LogP contribution is -2.13. The third-order valence-electron chi connectivity index (χ3n) is 5.51. The van der Waals surface area contributed by atoms with Gasteiger partial charge in [0.15, 0.2) is 11.6 Å². The van der Waals surface area contributed by atoms with Gasteiger partial charge in [0.1, 0.15) is 12.2 Å². The second-order valence-electron chi connectivity index (χ2n) is 8.08. The van der Waals surface area contributed by atoms with Crippen molar-refractivity contribution in [2.24, 2.45) is 0 Å². The van der Waals surface area contributed by atoms with Crippen molar-refractivity contribution in [2.75, 3.05) is 6.61 Å². The predicted octanol–water partition coefficient (Wildman–Crippen LogP) is 5.41. The van der Waals surface area contributed by atoms with Gasteiger partial charge in [0, 0.05) is 22.4 Å². The molecule has 0 spiro atoms. The molecule has 1 saturated carbocycles. The minimum atomic E-state index is -0.632. The van der Waals surface area contributed by atoms with E-state index in [0.29, 0.717) is 5.92 Å². The molecule has 5 nitrogen and oxygen atoms in total. The maximum atomic E-state index is 13.6. The van der Waals surface area contributed by atoms with Gasteiger partial charge in [0.05, 0.1) is 24.2 Å². The lowest BCUT2D eigenvalue weighted by atomic mass is 9.92. The van der Waals surface area contributed by atoms with E-state index >= 15 is 0 Å². The van der Waals surface area contributed by atoms with Gasteiger partial charge >= 0.3 is 5.97 Å². The molecule has 0 aliphatic heterocycles. The number of carbonyl (C=O) groups is 3. The molecule has 0 unspecified atom stereocenters. The van der Waals surface area contributed by atoms with Crippen molar-refractivity contribution in [1.29, 1.82) is 0 Å². The third kappa shape index (κ3) is 5.40. The molecule has 1 fully saturated rings. The maximum absolute atomic E-state index is 13.6. The summed E-state index contributed by atoms with van der Waals surface area (Å²) in [5, 5.41) is 0.902. The van der Waals surface area contributed by atoms with Crippen LogP contribution in [-0.4, -0.2) is 29.1 Å². The zero-order valence-electron chi connectivity index (χ0n) is 18.3. The molecule has 33 heavy (non-hydrogen) atoms. The topological polar surface area (TPSA) is 73.3 Å². The van der Waals surface area contributed by atoms with Crippen LogP contribution in [0.4, 0.5) is 4.39 Å². The number of ketones is 2. The number of nitrogens with zero attached hydrogens (tertiary/aromatic N) is 1. The fourth-order valence-electron chi connectivity index (χ4n) is 3.87. The smallest absolute Gasteiger partial charge is 0.313 e. The summed E-state index contributed by atoms with van der Waals surface area (Å²) >= 11 is 0. The molecule has 6 heteroatoms. The van der Waals surface area contributed by atoms with Crippen LogP contribution in [-0.2, 0) is 19.1 Å². The van der Waals surface area contributed by atoms with Gasteiger partial charge in [-0.2, -0.15) is 0 Å². The molecule has 4 rings (SSSR count). The molecule has 0 bridgehead atoms. The number of aromatic nitrogens is 1. The predicted molar refractivity (Wildman–Crippen MR) is 124 cm³/mol. The van der Waals surface area contributed by atoms with Gasteiger partial charge in [0.2, 0.25) is 0 Å². The van der Waals surface area contributed by atoms with Crippen molar-refractivity contribution in [3.8, 4) is 11.1 Å². The summed E-state index contributed by atoms with van der Waals surface area (Å²) < 4.78 is 18.4. The Morgan fingerprint density at radius 2 is 1.79 bits per heavy atom. The molecule has 0 atom stereocenters. The van der Waals surface area contributed by atoms with Crippen LogP contribution in [0.5, 0.6) is 0 Å². The molecule has 1 heterocycles. The summed E-state index contributed by atoms with van der Waals surface area (Å²) in [6.45, 7) is 1.84. The lowest BCUT2D eigenvalue weighted by molar-refractivity contribution is -0.145. The molecule has 1 aliphatic carbocycles. The van der Waals surface area contributed by atoms with Crippen LogP contribution in [0, 0.1) is 5.82 Å². The summed E-state index contributed by atoms with van der Waals surface area (Å²) in [4.78, 5) is 40.9. The molecular weight excluding hydrogens is 421 g/mol. The van der Waals surface area contributed by atoms with E-state index in [0.717, 1.165) is 46.1 Å². The van der Waals surface area contributed by atoms with Gasteiger partial charge in [-0.1, -0.05) is 30.3 Å². The Kier molecular flexibility index (Phi) is 6.73. The Morgan fingerprint density at radius 3 is 2.48 bits per heavy atom. The Balaban J connectivity index is 1.71. The van der Waals surface area contributed by atoms with Gasteiger partial charge in [-0.3, -0.25) is 19.4 Å². The first-order chi connectivity index (χ1) is 16.0. The number of ether oxygens (including phenoxy) is 1. The van der Waals surface area contributed by atoms with Gasteiger partial charge in [0.25, 0.3) is 0 Å². The first kappa shape index (κ1) is 22.5. The van der Waals surface area contributed by atoms with Crippen LogP contribution >= 0.6 is 0 Å². The average Bonchev–Trinajstić information content (AvgIpc) is 3.63. The largest absolute Gasteiger partial charge is 0.466 e. The highest BCUT2D eigenvalue weighted by Crippen LogP contribution is 2.45. The van der Waals surface area contributed by atoms with E-state index in [2.05, 4.69) is 0 Å². The van der Waals surface area contributed by atoms with E-state index in [9.17, 15) is 18.8 Å². The molecule has 0 radical (unpaired) electrons. The van der Waals surface area contributed by atoms with Crippen molar-refractivity contribution in [3.05, 3.63) is 71.7 Å². The van der Waals surface area contributed by atoms with Crippen LogP contribution < -0.4 is 0 Å². The van der Waals surface area contributed by atoms with E-state index in [-0.39, 0.29) is 18.8 Å². The Morgan fingerprint density at radius 1 is 1.06 bits per heavy atom. The van der Waals surface area contributed by atoms with Gasteiger partial charge < -0.3 is 4.74 Å². The van der Waals surface area contributed by atoms with E-state index in [1.165, 1.54) is 18.2 Å². The van der Waals surface area contributed by atoms with Crippen molar-refractivity contribution in [1.82, 2.24) is 4.98 Å². The molecule has 1 aliphatic rings. The number of pyridine rings is 1. The monoisotopic (exact) mass is 445 g/mol. The minimum Gasteiger partial charge on any atom is -0.466 e. The summed E-state index contributed by atoms with van der Waals surface area (Å²) in [5.41, 5.74) is 4.24. The Labute approximate surface area is 191 Å². The summed E-state index contributed by atoms with van der Waals surface area (Å²) in [7, 11) is 0. The van der Waals surface area contributed by atoms with Crippen molar-refractivity contribution >= 4 is 34.5 Å². The molecule has 2 aromatic carbocycles. The summed E-state index contributed by atoms with van der Waals surface area (Å²) in [5.74, 6) is -1.54. The van der Waals surface area contributed by atoms with Crippen LogP contribution in [0.15, 0.2) is 54.6 Å². The number of hydrogen-bond donors (Lipinski definition) is 0. The molecular formula is C27H24FNO4. The standard InChI is InChI=1S/C27H24FNO4/c1-2-33-25(32)16-21(31)15-20(30)13-14-23-26(17-9-11-19(28)12-10-17)22-5-3-4-6-24(22)29-27(23)18-7-8-18/h3-6,9-14,18H,2,7-8,15-16H2,1H3/b14-13+. The van der Waals surface area contributed by atoms with Crippen LogP contribution in [0.1, 0.15) is 49.8 Å². The molecule has 168 valence electrons. The molecule has 0 N–H and O–H groups in total. The maximum Gasteiger partial charge on any atom is 0.313 e. The third-order valence-corrected chi connectivity index (χ3v) is 5.51. The van der Waals surface area contributed by atoms with E-state index in [1.807, 2.05) is 24.3 Å². The van der Waals surface area contributed by atoms with E-state index < -0.39 is 24.0 Å². The van der Waals surface area contributed by atoms with Crippen LogP contribution in [0.2, 0.25) is 0 Å². The number of carbonyl (C=O) groups excluding carboxylic acids is 3. The van der Waals surface area contributed by atoms with Crippen molar-refractivity contribution in [3.63, 3.8) is 0 Å². The zero-order valence-corrected chi connectivity index (χ0v) is 18.3. The zero-order chi connectivity index (χ0) is 23.4. The average molecular weight is 445 g/mol. The van der Waals surface area contributed by atoms with E-state index in [4.69, 9.17) is 9.72 Å². The highest BCUT2D eigenvalue weighted by atomic mass is 19.1. The lowest BCUT2D eigenvalue weighted by Gasteiger charge is -2.15. The second-order valence-corrected chi connectivity index (χ2v) is 8.08. The van der Waals surface area contributed by atoms with Gasteiger partial charge in [-0.05, 0) is 55.7 Å². The minimum absolute atomic E-state index is 0.186. The number of halogens is 1. The van der Waals surface area contributed by atoms with Crippen LogP contribution in [0.3, 0.4) is 0 Å². The first-order valence-electron chi connectivity index (χ1n) is 11.0. The normalized spacial score (nSPS) is 13.4. The number of para-hydroxylation sites is 1. The number of esters is 1. The molecule has 1 aromatic heterocycles. The molecule has 0 amide bonds. The molecule has 0 saturated heterocycles. The second kappa shape index (κ2) is 9.86. The fourth-order valence-corrected chi connectivity index (χ4v) is 3.87. The van der Waals surface area contributed by atoms with Gasteiger partial charge in [-0.15, -0.1) is 0 Å². The SMILES string of the molecule is CCOC(=O)CC(=O)CC(=O)/C=C/c1c(C2CC2)nc2ccccc2c1-c1ccc(F)cc1. The number of allylic oxidation sites excluding steroid dienone is 1.